The summed E-state index contributed by atoms with van der Waals surface area (Å²) in [6, 6.07) is 10.0. The van der Waals surface area contributed by atoms with Crippen LogP contribution >= 0.6 is 0 Å². The standard InChI is InChI=1S/C21H30N2O2/c1-16(24)19(14-17-8-3-2-4-9-17)22-21(25)15-23-13-7-11-18-10-5-6-12-20(18)23/h2-4,8-9,18-20H,5-7,10-15H2,1H3,(H,22,25)/t18-,19+,20+/m1/s1. The van der Waals surface area contributed by atoms with Crippen molar-refractivity contribution in [3.8, 4) is 0 Å². The lowest BCUT2D eigenvalue weighted by molar-refractivity contribution is -0.128. The molecule has 0 aromatic heterocycles. The number of carbonyl (C=O) groups excluding carboxylic acids is 2. The highest BCUT2D eigenvalue weighted by Crippen LogP contribution is 2.34. The molecule has 0 radical (unpaired) electrons. The maximum absolute atomic E-state index is 12.6. The highest BCUT2D eigenvalue weighted by molar-refractivity contribution is 5.88. The Morgan fingerprint density at radius 3 is 2.60 bits per heavy atom. The Morgan fingerprint density at radius 2 is 1.84 bits per heavy atom. The Balaban J connectivity index is 1.57. The van der Waals surface area contributed by atoms with Crippen molar-refractivity contribution in [2.45, 2.75) is 64.0 Å². The van der Waals surface area contributed by atoms with Crippen molar-refractivity contribution in [3.05, 3.63) is 35.9 Å². The molecule has 1 heterocycles. The maximum Gasteiger partial charge on any atom is 0.234 e. The van der Waals surface area contributed by atoms with Gasteiger partial charge in [-0.2, -0.15) is 0 Å². The largest absolute Gasteiger partial charge is 0.345 e. The second kappa shape index (κ2) is 8.61. The molecular weight excluding hydrogens is 312 g/mol. The number of piperidine rings is 1. The third-order valence-electron chi connectivity index (χ3n) is 5.81. The molecule has 136 valence electrons. The molecule has 25 heavy (non-hydrogen) atoms. The van der Waals surface area contributed by atoms with Crippen molar-refractivity contribution >= 4 is 11.7 Å². The van der Waals surface area contributed by atoms with E-state index in [4.69, 9.17) is 0 Å². The Kier molecular flexibility index (Phi) is 6.24. The summed E-state index contributed by atoms with van der Waals surface area (Å²) in [5.74, 6) is 0.775. The van der Waals surface area contributed by atoms with Gasteiger partial charge in [-0.3, -0.25) is 14.5 Å². The van der Waals surface area contributed by atoms with Crippen molar-refractivity contribution in [3.63, 3.8) is 0 Å². The first-order chi connectivity index (χ1) is 12.1. The number of hydrogen-bond acceptors (Lipinski definition) is 3. The number of nitrogens with zero attached hydrogens (tertiary/aromatic N) is 1. The number of nitrogens with one attached hydrogen (secondary N) is 1. The van der Waals surface area contributed by atoms with Gasteiger partial charge in [0.05, 0.1) is 12.6 Å². The lowest BCUT2D eigenvalue weighted by atomic mass is 9.78. The second-order valence-electron chi connectivity index (χ2n) is 7.65. The van der Waals surface area contributed by atoms with Gasteiger partial charge in [-0.25, -0.2) is 0 Å². The Bertz CT molecular complexity index is 585. The third-order valence-corrected chi connectivity index (χ3v) is 5.81. The smallest absolute Gasteiger partial charge is 0.234 e. The fourth-order valence-corrected chi connectivity index (χ4v) is 4.49. The fourth-order valence-electron chi connectivity index (χ4n) is 4.49. The van der Waals surface area contributed by atoms with Gasteiger partial charge in [0, 0.05) is 6.04 Å². The summed E-state index contributed by atoms with van der Waals surface area (Å²) in [5, 5.41) is 2.98. The molecule has 1 amide bonds. The van der Waals surface area contributed by atoms with Crippen molar-refractivity contribution in [2.75, 3.05) is 13.1 Å². The molecule has 1 saturated heterocycles. The highest BCUT2D eigenvalue weighted by Gasteiger charge is 2.34. The molecule has 1 aromatic rings. The average molecular weight is 342 g/mol. The first kappa shape index (κ1) is 18.1. The number of likely N-dealkylation sites (tertiary alicyclic amines) is 1. The SMILES string of the molecule is CC(=O)[C@H](Cc1ccccc1)NC(=O)CN1CCC[C@H]2CCCC[C@@H]21. The van der Waals surface area contributed by atoms with E-state index >= 15 is 0 Å². The topological polar surface area (TPSA) is 49.4 Å². The number of carbonyl (C=O) groups is 2. The van der Waals surface area contributed by atoms with Crippen LogP contribution in [0.3, 0.4) is 0 Å². The van der Waals surface area contributed by atoms with Crippen molar-refractivity contribution < 1.29 is 9.59 Å². The highest BCUT2D eigenvalue weighted by atomic mass is 16.2. The number of Topliss-reactive ketones (excluding diaryl/α,β-unsaturated/α-hetero) is 1. The molecular formula is C21H30N2O2. The molecule has 3 rings (SSSR count). The number of rotatable bonds is 6. The summed E-state index contributed by atoms with van der Waals surface area (Å²) < 4.78 is 0. The first-order valence-corrected chi connectivity index (χ1v) is 9.71. The summed E-state index contributed by atoms with van der Waals surface area (Å²) in [7, 11) is 0. The maximum atomic E-state index is 12.6. The van der Waals surface area contributed by atoms with Gasteiger partial charge < -0.3 is 5.32 Å². The van der Waals surface area contributed by atoms with Gasteiger partial charge >= 0.3 is 0 Å². The molecule has 4 nitrogen and oxygen atoms in total. The lowest BCUT2D eigenvalue weighted by Gasteiger charge is -2.43. The van der Waals surface area contributed by atoms with Gasteiger partial charge in [0.1, 0.15) is 0 Å². The summed E-state index contributed by atoms with van der Waals surface area (Å²) >= 11 is 0. The van der Waals surface area contributed by atoms with E-state index in [1.54, 1.807) is 6.92 Å². The molecule has 1 aromatic carbocycles. The Morgan fingerprint density at radius 1 is 1.12 bits per heavy atom. The van der Waals surface area contributed by atoms with Crippen LogP contribution in [0.1, 0.15) is 51.0 Å². The van der Waals surface area contributed by atoms with E-state index in [-0.39, 0.29) is 11.7 Å². The molecule has 2 fully saturated rings. The van der Waals surface area contributed by atoms with Crippen LogP contribution in [-0.4, -0.2) is 41.8 Å². The number of hydrogen-bond donors (Lipinski definition) is 1. The van der Waals surface area contributed by atoms with E-state index in [0.29, 0.717) is 19.0 Å². The number of amides is 1. The van der Waals surface area contributed by atoms with Gasteiger partial charge in [0.25, 0.3) is 0 Å². The van der Waals surface area contributed by atoms with Gasteiger partial charge in [-0.1, -0.05) is 43.2 Å². The number of fused-ring (bicyclic) bond motifs is 1. The first-order valence-electron chi connectivity index (χ1n) is 9.71. The monoisotopic (exact) mass is 342 g/mol. The predicted molar refractivity (Wildman–Crippen MR) is 99.3 cm³/mol. The second-order valence-corrected chi connectivity index (χ2v) is 7.65. The van der Waals surface area contributed by atoms with Crippen molar-refractivity contribution in [1.82, 2.24) is 10.2 Å². The molecule has 0 bridgehead atoms. The minimum Gasteiger partial charge on any atom is -0.345 e. The van der Waals surface area contributed by atoms with Crippen LogP contribution in [0.15, 0.2) is 30.3 Å². The molecule has 0 unspecified atom stereocenters. The van der Waals surface area contributed by atoms with Crippen molar-refractivity contribution in [2.24, 2.45) is 5.92 Å². The molecule has 1 aliphatic carbocycles. The van der Waals surface area contributed by atoms with Crippen LogP contribution in [0.4, 0.5) is 0 Å². The van der Waals surface area contributed by atoms with Gasteiger partial charge in [-0.15, -0.1) is 0 Å². The van der Waals surface area contributed by atoms with E-state index in [2.05, 4.69) is 10.2 Å². The van der Waals surface area contributed by atoms with Crippen LogP contribution in [0.2, 0.25) is 0 Å². The molecule has 1 N–H and O–H groups in total. The van der Waals surface area contributed by atoms with E-state index in [9.17, 15) is 9.59 Å². The van der Waals surface area contributed by atoms with Crippen LogP contribution < -0.4 is 5.32 Å². The van der Waals surface area contributed by atoms with Crippen molar-refractivity contribution in [1.29, 1.82) is 0 Å². The quantitative estimate of drug-likeness (QED) is 0.865. The Labute approximate surface area is 151 Å². The van der Waals surface area contributed by atoms with E-state index in [0.717, 1.165) is 18.0 Å². The van der Waals surface area contributed by atoms with Crippen LogP contribution in [0.25, 0.3) is 0 Å². The molecule has 1 aliphatic heterocycles. The molecule has 3 atom stereocenters. The molecule has 4 heteroatoms. The lowest BCUT2D eigenvalue weighted by Crippen LogP contribution is -2.52. The summed E-state index contributed by atoms with van der Waals surface area (Å²) in [6.07, 6.45) is 8.22. The minimum absolute atomic E-state index is 0.0117. The molecule has 0 spiro atoms. The zero-order chi connectivity index (χ0) is 17.6. The van der Waals surface area contributed by atoms with Crippen LogP contribution in [-0.2, 0) is 16.0 Å². The van der Waals surface area contributed by atoms with Gasteiger partial charge in [0.2, 0.25) is 5.91 Å². The summed E-state index contributed by atoms with van der Waals surface area (Å²) in [5.41, 5.74) is 1.08. The zero-order valence-electron chi connectivity index (χ0n) is 15.2. The fraction of sp³-hybridized carbons (Fsp3) is 0.619. The average Bonchev–Trinajstić information content (AvgIpc) is 2.62. The van der Waals surface area contributed by atoms with E-state index in [1.165, 1.54) is 38.5 Å². The Hall–Kier alpha value is -1.68. The summed E-state index contributed by atoms with van der Waals surface area (Å²) in [4.78, 5) is 26.9. The van der Waals surface area contributed by atoms with Crippen LogP contribution in [0.5, 0.6) is 0 Å². The third kappa shape index (κ3) is 4.91. The van der Waals surface area contributed by atoms with E-state index in [1.807, 2.05) is 30.3 Å². The minimum atomic E-state index is -0.429. The summed E-state index contributed by atoms with van der Waals surface area (Å²) in [6.45, 7) is 3.00. The van der Waals surface area contributed by atoms with Gasteiger partial charge in [-0.05, 0) is 57.1 Å². The van der Waals surface area contributed by atoms with E-state index < -0.39 is 6.04 Å². The number of benzene rings is 1. The normalized spacial score (nSPS) is 25.0. The molecule has 1 saturated carbocycles. The van der Waals surface area contributed by atoms with Crippen LogP contribution in [0, 0.1) is 5.92 Å². The predicted octanol–water partition coefficient (Wildman–Crippen LogP) is 2.96. The number of ketones is 1. The zero-order valence-corrected chi connectivity index (χ0v) is 15.2. The molecule has 2 aliphatic rings. The van der Waals surface area contributed by atoms with Gasteiger partial charge in [0.15, 0.2) is 5.78 Å².